The molecule has 0 aliphatic rings. The first-order valence-corrected chi connectivity index (χ1v) is 3.06. The third-order valence-corrected chi connectivity index (χ3v) is 1.92. The van der Waals surface area contributed by atoms with Crippen molar-refractivity contribution in [2.45, 2.75) is 33.3 Å². The summed E-state index contributed by atoms with van der Waals surface area (Å²) in [5.74, 6) is 0.590. The fourth-order valence-electron chi connectivity index (χ4n) is 0.236. The lowest BCUT2D eigenvalue weighted by molar-refractivity contribution is -0.0156. The standard InChI is InChI=1S/C7H16O/c1-6(2)7(3,4)8-5/h6H,1-5H3. The Bertz CT molecular complexity index is 64.8. The second kappa shape index (κ2) is 2.49. The van der Waals surface area contributed by atoms with E-state index in [1.807, 2.05) is 0 Å². The summed E-state index contributed by atoms with van der Waals surface area (Å²) in [6.07, 6.45) is 0. The fourth-order valence-corrected chi connectivity index (χ4v) is 0.236. The van der Waals surface area contributed by atoms with Crippen molar-refractivity contribution in [2.75, 3.05) is 7.11 Å². The molecular formula is C7H16O. The van der Waals surface area contributed by atoms with Crippen LogP contribution in [0.15, 0.2) is 0 Å². The van der Waals surface area contributed by atoms with Crippen LogP contribution in [0.4, 0.5) is 0 Å². The number of rotatable bonds is 2. The number of ether oxygens (including phenoxy) is 1. The smallest absolute Gasteiger partial charge is 0.0645 e. The molecule has 50 valence electrons. The zero-order valence-corrected chi connectivity index (χ0v) is 6.49. The average molecular weight is 116 g/mol. The molecule has 0 N–H and O–H groups in total. The van der Waals surface area contributed by atoms with Gasteiger partial charge < -0.3 is 4.74 Å². The lowest BCUT2D eigenvalue weighted by Gasteiger charge is -2.26. The number of hydrogen-bond donors (Lipinski definition) is 0. The normalized spacial score (nSPS) is 12.8. The Morgan fingerprint density at radius 2 is 1.62 bits per heavy atom. The Hall–Kier alpha value is -0.0400. The summed E-state index contributed by atoms with van der Waals surface area (Å²) in [6.45, 7) is 8.50. The van der Waals surface area contributed by atoms with Gasteiger partial charge in [-0.3, -0.25) is 0 Å². The van der Waals surface area contributed by atoms with Gasteiger partial charge in [-0.2, -0.15) is 0 Å². The van der Waals surface area contributed by atoms with Gasteiger partial charge in [-0.25, -0.2) is 0 Å². The van der Waals surface area contributed by atoms with Crippen LogP contribution in [0.5, 0.6) is 0 Å². The zero-order chi connectivity index (χ0) is 6.78. The van der Waals surface area contributed by atoms with Crippen LogP contribution in [-0.2, 0) is 4.74 Å². The van der Waals surface area contributed by atoms with Crippen LogP contribution in [-0.4, -0.2) is 12.7 Å². The van der Waals surface area contributed by atoms with Crippen molar-refractivity contribution in [3.8, 4) is 0 Å². The summed E-state index contributed by atoms with van der Waals surface area (Å²) in [4.78, 5) is 0. The Kier molecular flexibility index (Phi) is 2.48. The molecule has 0 aromatic heterocycles. The van der Waals surface area contributed by atoms with E-state index < -0.39 is 0 Å². The maximum atomic E-state index is 5.20. The summed E-state index contributed by atoms with van der Waals surface area (Å²) in [5, 5.41) is 0. The Morgan fingerprint density at radius 1 is 1.25 bits per heavy atom. The highest BCUT2D eigenvalue weighted by atomic mass is 16.5. The molecule has 0 unspecified atom stereocenters. The summed E-state index contributed by atoms with van der Waals surface area (Å²) in [5.41, 5.74) is 0.0417. The monoisotopic (exact) mass is 116 g/mol. The highest BCUT2D eigenvalue weighted by Crippen LogP contribution is 2.18. The lowest BCUT2D eigenvalue weighted by atomic mass is 9.95. The molecule has 0 saturated carbocycles. The van der Waals surface area contributed by atoms with E-state index in [2.05, 4.69) is 27.7 Å². The Balaban J connectivity index is 3.71. The second-order valence-electron chi connectivity index (χ2n) is 2.96. The molecule has 0 aliphatic heterocycles. The largest absolute Gasteiger partial charge is 0.379 e. The Morgan fingerprint density at radius 3 is 1.62 bits per heavy atom. The van der Waals surface area contributed by atoms with E-state index in [-0.39, 0.29) is 5.60 Å². The molecule has 0 aromatic rings. The van der Waals surface area contributed by atoms with E-state index in [1.165, 1.54) is 0 Å². The molecule has 0 amide bonds. The molecule has 1 heteroatoms. The van der Waals surface area contributed by atoms with E-state index in [9.17, 15) is 0 Å². The van der Waals surface area contributed by atoms with Crippen LogP contribution in [0.3, 0.4) is 0 Å². The first kappa shape index (κ1) is 7.96. The molecule has 0 atom stereocenters. The number of hydrogen-bond acceptors (Lipinski definition) is 1. The Labute approximate surface area is 52.0 Å². The van der Waals surface area contributed by atoms with Gasteiger partial charge in [-0.05, 0) is 19.8 Å². The maximum Gasteiger partial charge on any atom is 0.0645 e. The third-order valence-electron chi connectivity index (χ3n) is 1.92. The van der Waals surface area contributed by atoms with Crippen molar-refractivity contribution in [3.05, 3.63) is 0 Å². The predicted molar refractivity (Wildman–Crippen MR) is 35.9 cm³/mol. The van der Waals surface area contributed by atoms with Crippen LogP contribution < -0.4 is 0 Å². The van der Waals surface area contributed by atoms with Gasteiger partial charge >= 0.3 is 0 Å². The first-order chi connectivity index (χ1) is 3.50. The van der Waals surface area contributed by atoms with Gasteiger partial charge in [-0.15, -0.1) is 0 Å². The summed E-state index contributed by atoms with van der Waals surface area (Å²) < 4.78 is 5.20. The van der Waals surface area contributed by atoms with Crippen molar-refractivity contribution in [1.82, 2.24) is 0 Å². The molecule has 0 radical (unpaired) electrons. The molecule has 1 nitrogen and oxygen atoms in total. The predicted octanol–water partition coefficient (Wildman–Crippen LogP) is 2.07. The van der Waals surface area contributed by atoms with Gasteiger partial charge in [0, 0.05) is 7.11 Å². The van der Waals surface area contributed by atoms with Gasteiger partial charge in [0.25, 0.3) is 0 Å². The summed E-state index contributed by atoms with van der Waals surface area (Å²) in [7, 11) is 1.75. The lowest BCUT2D eigenvalue weighted by Crippen LogP contribution is -2.29. The quantitative estimate of drug-likeness (QED) is 0.536. The van der Waals surface area contributed by atoms with Gasteiger partial charge in [0.15, 0.2) is 0 Å². The molecule has 0 bridgehead atoms. The SMILES string of the molecule is COC(C)(C)C(C)C. The minimum Gasteiger partial charge on any atom is -0.379 e. The zero-order valence-electron chi connectivity index (χ0n) is 6.49. The van der Waals surface area contributed by atoms with E-state index in [4.69, 9.17) is 4.74 Å². The minimum atomic E-state index is 0.0417. The highest BCUT2D eigenvalue weighted by Gasteiger charge is 2.20. The number of methoxy groups -OCH3 is 1. The van der Waals surface area contributed by atoms with Crippen molar-refractivity contribution in [1.29, 1.82) is 0 Å². The van der Waals surface area contributed by atoms with E-state index in [1.54, 1.807) is 7.11 Å². The molecule has 0 saturated heterocycles. The van der Waals surface area contributed by atoms with E-state index in [0.717, 1.165) is 0 Å². The van der Waals surface area contributed by atoms with Crippen LogP contribution in [0, 0.1) is 5.92 Å². The maximum absolute atomic E-state index is 5.20. The molecule has 0 aromatic carbocycles. The highest BCUT2D eigenvalue weighted by molar-refractivity contribution is 4.70. The van der Waals surface area contributed by atoms with Crippen LogP contribution in [0.25, 0.3) is 0 Å². The van der Waals surface area contributed by atoms with E-state index in [0.29, 0.717) is 5.92 Å². The molecule has 0 heterocycles. The molecule has 0 spiro atoms. The van der Waals surface area contributed by atoms with Crippen molar-refractivity contribution >= 4 is 0 Å². The molecule has 0 fully saturated rings. The fraction of sp³-hybridized carbons (Fsp3) is 1.00. The van der Waals surface area contributed by atoms with Gasteiger partial charge in [0.2, 0.25) is 0 Å². The van der Waals surface area contributed by atoms with Crippen molar-refractivity contribution in [2.24, 2.45) is 5.92 Å². The van der Waals surface area contributed by atoms with Gasteiger partial charge in [0.1, 0.15) is 0 Å². The summed E-state index contributed by atoms with van der Waals surface area (Å²) >= 11 is 0. The summed E-state index contributed by atoms with van der Waals surface area (Å²) in [6, 6.07) is 0. The molecule has 8 heavy (non-hydrogen) atoms. The minimum absolute atomic E-state index is 0.0417. The molecule has 0 rings (SSSR count). The first-order valence-electron chi connectivity index (χ1n) is 3.06. The second-order valence-corrected chi connectivity index (χ2v) is 2.96. The van der Waals surface area contributed by atoms with Crippen LogP contribution >= 0.6 is 0 Å². The third kappa shape index (κ3) is 1.83. The van der Waals surface area contributed by atoms with Crippen LogP contribution in [0.2, 0.25) is 0 Å². The molecule has 0 aliphatic carbocycles. The van der Waals surface area contributed by atoms with Crippen molar-refractivity contribution < 1.29 is 4.74 Å². The van der Waals surface area contributed by atoms with Gasteiger partial charge in [-0.1, -0.05) is 13.8 Å². The topological polar surface area (TPSA) is 9.23 Å². The van der Waals surface area contributed by atoms with Crippen molar-refractivity contribution in [3.63, 3.8) is 0 Å². The van der Waals surface area contributed by atoms with E-state index >= 15 is 0 Å². The van der Waals surface area contributed by atoms with Crippen LogP contribution in [0.1, 0.15) is 27.7 Å². The van der Waals surface area contributed by atoms with Gasteiger partial charge in [0.05, 0.1) is 5.60 Å². The molecular weight excluding hydrogens is 100 g/mol. The average Bonchev–Trinajstić information content (AvgIpc) is 1.67.